The Bertz CT molecular complexity index is 193. The Labute approximate surface area is 81.3 Å². The van der Waals surface area contributed by atoms with Gasteiger partial charge in [-0.3, -0.25) is 0 Å². The molecule has 1 aliphatic carbocycles. The Morgan fingerprint density at radius 1 is 1.23 bits per heavy atom. The molecule has 1 saturated carbocycles. The summed E-state index contributed by atoms with van der Waals surface area (Å²) in [7, 11) is 2.20. The van der Waals surface area contributed by atoms with Crippen molar-refractivity contribution >= 4 is 0 Å². The molecule has 2 rings (SSSR count). The minimum Gasteiger partial charge on any atom is -0.373 e. The highest BCUT2D eigenvalue weighted by Crippen LogP contribution is 2.49. The van der Waals surface area contributed by atoms with Gasteiger partial charge in [-0.25, -0.2) is 0 Å². The molecule has 1 aliphatic heterocycles. The van der Waals surface area contributed by atoms with Crippen molar-refractivity contribution in [2.75, 3.05) is 20.1 Å². The molecule has 0 atom stereocenters. The van der Waals surface area contributed by atoms with Gasteiger partial charge in [-0.05, 0) is 40.7 Å². The van der Waals surface area contributed by atoms with E-state index in [9.17, 15) is 0 Å². The Balaban J connectivity index is 1.73. The molecule has 2 nitrogen and oxygen atoms in total. The molecule has 1 spiro atoms. The molecule has 2 fully saturated rings. The predicted octanol–water partition coefficient (Wildman–Crippen LogP) is 1.90. The first-order chi connectivity index (χ1) is 5.89. The van der Waals surface area contributed by atoms with Crippen LogP contribution in [0.15, 0.2) is 0 Å². The minimum atomic E-state index is 0.0436. The van der Waals surface area contributed by atoms with E-state index in [-0.39, 0.29) is 5.60 Å². The molecule has 0 bridgehead atoms. The summed E-state index contributed by atoms with van der Waals surface area (Å²) in [5.41, 5.74) is 0.701. The number of hydrogen-bond acceptors (Lipinski definition) is 2. The molecule has 1 saturated heterocycles. The Morgan fingerprint density at radius 3 is 2.15 bits per heavy atom. The molecule has 0 N–H and O–H groups in total. The van der Waals surface area contributed by atoms with E-state index in [0.29, 0.717) is 11.5 Å². The van der Waals surface area contributed by atoms with Crippen LogP contribution < -0.4 is 0 Å². The summed E-state index contributed by atoms with van der Waals surface area (Å²) in [5, 5.41) is 0. The van der Waals surface area contributed by atoms with E-state index in [1.807, 2.05) is 0 Å². The topological polar surface area (TPSA) is 12.5 Å². The van der Waals surface area contributed by atoms with E-state index < -0.39 is 0 Å². The molecular weight excluding hydrogens is 162 g/mol. The average Bonchev–Trinajstić information content (AvgIpc) is 1.76. The van der Waals surface area contributed by atoms with E-state index in [4.69, 9.17) is 4.74 Å². The highest BCUT2D eigenvalue weighted by atomic mass is 16.5. The lowest BCUT2D eigenvalue weighted by Crippen LogP contribution is -2.63. The van der Waals surface area contributed by atoms with Crippen molar-refractivity contribution in [3.8, 4) is 0 Å². The van der Waals surface area contributed by atoms with Crippen LogP contribution in [0.2, 0.25) is 0 Å². The second-order valence-corrected chi connectivity index (χ2v) is 5.93. The summed E-state index contributed by atoms with van der Waals surface area (Å²) in [6.07, 6.45) is 3.11. The van der Waals surface area contributed by atoms with Crippen LogP contribution in [0.1, 0.15) is 33.6 Å². The molecule has 76 valence electrons. The maximum absolute atomic E-state index is 5.92. The number of ether oxygens (including phenoxy) is 1. The Kier molecular flexibility index (Phi) is 1.97. The van der Waals surface area contributed by atoms with Crippen LogP contribution in [0.3, 0.4) is 0 Å². The zero-order valence-corrected chi connectivity index (χ0v) is 9.26. The first kappa shape index (κ1) is 9.47. The molecule has 0 unspecified atom stereocenters. The van der Waals surface area contributed by atoms with E-state index in [0.717, 1.165) is 0 Å². The van der Waals surface area contributed by atoms with Gasteiger partial charge in [0, 0.05) is 18.5 Å². The van der Waals surface area contributed by atoms with Crippen molar-refractivity contribution in [3.05, 3.63) is 0 Å². The maximum atomic E-state index is 5.92. The van der Waals surface area contributed by atoms with Gasteiger partial charge in [0.25, 0.3) is 0 Å². The van der Waals surface area contributed by atoms with Gasteiger partial charge in [-0.1, -0.05) is 0 Å². The van der Waals surface area contributed by atoms with Gasteiger partial charge in [0.15, 0.2) is 0 Å². The van der Waals surface area contributed by atoms with Crippen LogP contribution >= 0.6 is 0 Å². The molecule has 2 aliphatic rings. The largest absolute Gasteiger partial charge is 0.373 e. The number of nitrogens with zero attached hydrogens (tertiary/aromatic N) is 1. The van der Waals surface area contributed by atoms with Gasteiger partial charge in [0.05, 0.1) is 11.7 Å². The lowest BCUT2D eigenvalue weighted by molar-refractivity contribution is -0.181. The SMILES string of the molecule is CN1CC2(CC(OC(C)(C)C)C2)C1. The molecule has 0 aromatic heterocycles. The summed E-state index contributed by atoms with van der Waals surface area (Å²) in [4.78, 5) is 2.40. The fraction of sp³-hybridized carbons (Fsp3) is 1.00. The van der Waals surface area contributed by atoms with Gasteiger partial charge >= 0.3 is 0 Å². The smallest absolute Gasteiger partial charge is 0.0602 e. The van der Waals surface area contributed by atoms with Crippen LogP contribution in [-0.2, 0) is 4.74 Å². The molecule has 0 aromatic rings. The third kappa shape index (κ3) is 1.89. The van der Waals surface area contributed by atoms with Gasteiger partial charge < -0.3 is 9.64 Å². The highest BCUT2D eigenvalue weighted by Gasteiger charge is 2.52. The highest BCUT2D eigenvalue weighted by molar-refractivity contribution is 5.04. The zero-order valence-electron chi connectivity index (χ0n) is 9.26. The molecular formula is C11H21NO. The van der Waals surface area contributed by atoms with Crippen LogP contribution in [0.5, 0.6) is 0 Å². The summed E-state index contributed by atoms with van der Waals surface area (Å²) in [6.45, 7) is 9.01. The summed E-state index contributed by atoms with van der Waals surface area (Å²) in [6, 6.07) is 0. The Hall–Kier alpha value is -0.0800. The van der Waals surface area contributed by atoms with Crippen molar-refractivity contribution in [2.45, 2.75) is 45.3 Å². The minimum absolute atomic E-state index is 0.0436. The zero-order chi connectivity index (χ0) is 9.69. The standard InChI is InChI=1S/C11H21NO/c1-10(2,3)13-9-5-11(6-9)7-12(4)8-11/h9H,5-8H2,1-4H3. The van der Waals surface area contributed by atoms with Crippen molar-refractivity contribution in [1.29, 1.82) is 0 Å². The van der Waals surface area contributed by atoms with E-state index in [2.05, 4.69) is 32.7 Å². The summed E-state index contributed by atoms with van der Waals surface area (Å²) >= 11 is 0. The first-order valence-corrected chi connectivity index (χ1v) is 5.25. The lowest BCUT2D eigenvalue weighted by Gasteiger charge is -2.58. The van der Waals surface area contributed by atoms with E-state index in [1.165, 1.54) is 25.9 Å². The fourth-order valence-electron chi connectivity index (χ4n) is 2.85. The third-order valence-electron chi connectivity index (χ3n) is 3.05. The predicted molar refractivity (Wildman–Crippen MR) is 53.8 cm³/mol. The summed E-state index contributed by atoms with van der Waals surface area (Å²) in [5.74, 6) is 0. The molecule has 1 heterocycles. The number of hydrogen-bond donors (Lipinski definition) is 0. The van der Waals surface area contributed by atoms with Crippen LogP contribution in [0, 0.1) is 5.41 Å². The fourth-order valence-corrected chi connectivity index (χ4v) is 2.85. The average molecular weight is 183 g/mol. The molecule has 0 radical (unpaired) electrons. The van der Waals surface area contributed by atoms with Gasteiger partial charge in [0.2, 0.25) is 0 Å². The van der Waals surface area contributed by atoms with Crippen molar-refractivity contribution in [2.24, 2.45) is 5.41 Å². The van der Waals surface area contributed by atoms with E-state index in [1.54, 1.807) is 0 Å². The quantitative estimate of drug-likeness (QED) is 0.615. The molecule has 0 aromatic carbocycles. The maximum Gasteiger partial charge on any atom is 0.0602 e. The molecule has 2 heteroatoms. The van der Waals surface area contributed by atoms with Crippen molar-refractivity contribution < 1.29 is 4.74 Å². The second-order valence-electron chi connectivity index (χ2n) is 5.93. The number of rotatable bonds is 1. The van der Waals surface area contributed by atoms with Crippen molar-refractivity contribution in [1.82, 2.24) is 4.90 Å². The van der Waals surface area contributed by atoms with E-state index >= 15 is 0 Å². The van der Waals surface area contributed by atoms with Gasteiger partial charge in [0.1, 0.15) is 0 Å². The Morgan fingerprint density at radius 2 is 1.77 bits per heavy atom. The molecule has 13 heavy (non-hydrogen) atoms. The lowest BCUT2D eigenvalue weighted by atomic mass is 9.62. The van der Waals surface area contributed by atoms with Gasteiger partial charge in [-0.2, -0.15) is 0 Å². The summed E-state index contributed by atoms with van der Waals surface area (Å²) < 4.78 is 5.92. The van der Waals surface area contributed by atoms with Gasteiger partial charge in [-0.15, -0.1) is 0 Å². The third-order valence-corrected chi connectivity index (χ3v) is 3.05. The second kappa shape index (κ2) is 2.71. The number of likely N-dealkylation sites (tertiary alicyclic amines) is 1. The monoisotopic (exact) mass is 183 g/mol. The van der Waals surface area contributed by atoms with Crippen molar-refractivity contribution in [3.63, 3.8) is 0 Å². The first-order valence-electron chi connectivity index (χ1n) is 5.25. The van der Waals surface area contributed by atoms with Crippen LogP contribution in [0.4, 0.5) is 0 Å². The normalized spacial score (nSPS) is 28.6. The van der Waals surface area contributed by atoms with Crippen LogP contribution in [-0.4, -0.2) is 36.7 Å². The molecule has 0 amide bonds. The van der Waals surface area contributed by atoms with Crippen LogP contribution in [0.25, 0.3) is 0 Å².